The average Bonchev–Trinajstić information content (AvgIpc) is 3.19. The van der Waals surface area contributed by atoms with Gasteiger partial charge in [-0.05, 0) is 103 Å². The lowest BCUT2D eigenvalue weighted by Gasteiger charge is -2.31. The summed E-state index contributed by atoms with van der Waals surface area (Å²) in [7, 11) is -26.6. The molecule has 0 aliphatic carbocycles. The maximum atomic E-state index is 13.2. The van der Waals surface area contributed by atoms with Crippen molar-refractivity contribution in [1.82, 2.24) is 14.7 Å². The van der Waals surface area contributed by atoms with Crippen LogP contribution in [0.15, 0.2) is 0 Å². The summed E-state index contributed by atoms with van der Waals surface area (Å²) in [4.78, 5) is 129. The van der Waals surface area contributed by atoms with Crippen molar-refractivity contribution in [2.75, 3.05) is 96.0 Å². The highest BCUT2D eigenvalue weighted by Crippen LogP contribution is 2.25. The van der Waals surface area contributed by atoms with Crippen LogP contribution in [0.1, 0.15) is 90.4 Å². The van der Waals surface area contributed by atoms with Crippen LogP contribution in [0.5, 0.6) is 0 Å². The molecule has 0 amide bonds. The van der Waals surface area contributed by atoms with Gasteiger partial charge >= 0.3 is 44.3 Å². The molecule has 0 aliphatic heterocycles. The zero-order valence-electron chi connectivity index (χ0n) is 39.1. The highest BCUT2D eigenvalue weighted by molar-refractivity contribution is 7.86. The van der Waals surface area contributed by atoms with Crippen LogP contribution in [0.3, 0.4) is 0 Å². The van der Waals surface area contributed by atoms with Crippen LogP contribution >= 0.6 is 0 Å². The molecule has 0 spiro atoms. The first-order chi connectivity index (χ1) is 31.6. The molecule has 0 aromatic carbocycles. The predicted molar refractivity (Wildman–Crippen MR) is 246 cm³/mol. The number of esters is 3. The van der Waals surface area contributed by atoms with E-state index in [0.29, 0.717) is 0 Å². The zero-order valence-corrected chi connectivity index (χ0v) is 44.6. The van der Waals surface area contributed by atoms with Gasteiger partial charge in [0.15, 0.2) is 0 Å². The second kappa shape index (κ2) is 33.2. The van der Waals surface area contributed by atoms with Crippen LogP contribution in [0.4, 0.5) is 0 Å². The van der Waals surface area contributed by atoms with E-state index in [4.69, 9.17) is 14.2 Å². The molecule has 410 valence electrons. The third-order valence-electron chi connectivity index (χ3n) is 10.6. The molecule has 0 aliphatic rings. The normalized spacial score (nSPS) is 13.4. The fourth-order valence-corrected chi connectivity index (χ4v) is 10.1. The summed E-state index contributed by atoms with van der Waals surface area (Å²) in [6.45, 7) is 1.38. The minimum Gasteiger partial charge on any atom is -0.748 e. The van der Waals surface area contributed by atoms with E-state index in [1.807, 2.05) is 0 Å². The van der Waals surface area contributed by atoms with Gasteiger partial charge in [0.2, 0.25) is 0 Å². The highest BCUT2D eigenvalue weighted by atomic mass is 32.2. The van der Waals surface area contributed by atoms with Crippen LogP contribution < -0.4 is 0 Å². The molecule has 0 fully saturated rings. The third kappa shape index (κ3) is 43.6. The quantitative estimate of drug-likeness (QED) is 0.00923. The summed E-state index contributed by atoms with van der Waals surface area (Å²) in [5.74, 6) is -4.16. The largest absolute Gasteiger partial charge is 0.748 e. The molecule has 0 rings (SSSR count). The van der Waals surface area contributed by atoms with Crippen LogP contribution in [0, 0.1) is 5.41 Å². The molecule has 0 aromatic rings. The molecule has 0 unspecified atom stereocenters. The molecule has 0 saturated carbocycles. The number of carbonyl (C=O) groups is 3. The number of nitrogens with zero attached hydrogens (tertiary/aromatic N) is 3. The van der Waals surface area contributed by atoms with Crippen LogP contribution in [0.2, 0.25) is 18.1 Å². The van der Waals surface area contributed by atoms with Gasteiger partial charge in [0.25, 0.3) is 0 Å². The predicted octanol–water partition coefficient (Wildman–Crippen LogP) is -4.02. The lowest BCUT2D eigenvalue weighted by molar-refractivity contribution is -0.162. The highest BCUT2D eigenvalue weighted by Gasteiger charge is 2.35. The van der Waals surface area contributed by atoms with Gasteiger partial charge in [-0.2, -0.15) is 0 Å². The molecule has 0 bridgehead atoms. The SMILES string of the molecule is CCC(COC(=O)CCN(CCCCS(=O)(=O)[O-])CCC[Si](O)(O)O)(COC(=O)CCN(CCCCS(=O)(=O)[O-])CCC[Si](O)(O)O)COC(=O)CCN(CCCCS(=O)(=O)[O-])CCC[Si](O)(O)O. The Kier molecular flexibility index (Phi) is 32.4. The second-order valence-electron chi connectivity index (χ2n) is 17.2. The van der Waals surface area contributed by atoms with E-state index < -0.39 is 117 Å². The maximum absolute atomic E-state index is 13.2. The number of carbonyl (C=O) groups excluding carboxylic acids is 3. The first-order valence-corrected chi connectivity index (χ1v) is 33.4. The smallest absolute Gasteiger partial charge is 0.492 e. The van der Waals surface area contributed by atoms with Gasteiger partial charge in [-0.25, -0.2) is 25.3 Å². The fourth-order valence-electron chi connectivity index (χ4n) is 6.57. The van der Waals surface area contributed by atoms with Gasteiger partial charge in [-0.15, -0.1) is 0 Å². The molecule has 0 heterocycles. The molecule has 69 heavy (non-hydrogen) atoms. The first-order valence-electron chi connectivity index (χ1n) is 22.6. The number of ether oxygens (including phenoxy) is 3. The zero-order chi connectivity index (χ0) is 53.0. The summed E-state index contributed by atoms with van der Waals surface area (Å²) in [6, 6.07) is -0.965. The summed E-state index contributed by atoms with van der Waals surface area (Å²) >= 11 is 0. The number of hydrogen-bond acceptors (Lipinski definition) is 27. The summed E-state index contributed by atoms with van der Waals surface area (Å²) < 4.78 is 116. The molecule has 0 radical (unpaired) electrons. The lowest BCUT2D eigenvalue weighted by Crippen LogP contribution is -2.40. The monoisotopic (exact) mass is 1110 g/mol. The van der Waals surface area contributed by atoms with Crippen LogP contribution in [-0.4, -0.2) is 237 Å². The number of unbranched alkanes of at least 4 members (excludes halogenated alkanes) is 3. The molecule has 0 saturated heterocycles. The molecular formula is C36H74N3O24S3Si3-3. The van der Waals surface area contributed by atoms with E-state index in [1.54, 1.807) is 21.6 Å². The van der Waals surface area contributed by atoms with Crippen LogP contribution in [0.25, 0.3) is 0 Å². The molecular weight excluding hydrogens is 1040 g/mol. The van der Waals surface area contributed by atoms with E-state index in [-0.39, 0.29) is 161 Å². The minimum absolute atomic E-state index is 0.0142. The Morgan fingerprint density at radius 1 is 0.420 bits per heavy atom. The average molecular weight is 1110 g/mol. The second-order valence-corrected chi connectivity index (χ2v) is 27.9. The van der Waals surface area contributed by atoms with Gasteiger partial charge in [0.1, 0.15) is 19.8 Å². The molecule has 27 nitrogen and oxygen atoms in total. The van der Waals surface area contributed by atoms with Gasteiger partial charge in [0.05, 0.1) is 55.0 Å². The van der Waals surface area contributed by atoms with Crippen molar-refractivity contribution in [2.45, 2.75) is 109 Å². The van der Waals surface area contributed by atoms with E-state index in [0.717, 1.165) is 0 Å². The van der Waals surface area contributed by atoms with Crippen molar-refractivity contribution in [3.8, 4) is 0 Å². The summed E-state index contributed by atoms with van der Waals surface area (Å²) in [5, 5.41) is 0. The summed E-state index contributed by atoms with van der Waals surface area (Å²) in [6.07, 6.45) is 0.337. The minimum atomic E-state index is -4.47. The molecule has 0 aromatic heterocycles. The van der Waals surface area contributed by atoms with E-state index >= 15 is 0 Å². The molecule has 9 N–H and O–H groups in total. The number of hydrogen-bond donors (Lipinski definition) is 9. The number of rotatable bonds is 43. The summed E-state index contributed by atoms with van der Waals surface area (Å²) in [5.41, 5.74) is -1.34. The van der Waals surface area contributed by atoms with Crippen molar-refractivity contribution >= 4 is 74.7 Å². The van der Waals surface area contributed by atoms with Crippen molar-refractivity contribution in [1.29, 1.82) is 0 Å². The topological polar surface area (TPSA) is 442 Å². The van der Waals surface area contributed by atoms with Gasteiger partial charge in [0, 0.05) is 55.0 Å². The Bertz CT molecular complexity index is 1610. The first kappa shape index (κ1) is 67.3. The Labute approximate surface area is 408 Å². The Hall–Kier alpha value is -1.69. The van der Waals surface area contributed by atoms with E-state index in [9.17, 15) is 96.5 Å². The molecule has 33 heteroatoms. The third-order valence-corrected chi connectivity index (χ3v) is 16.0. The van der Waals surface area contributed by atoms with Crippen molar-refractivity contribution in [3.05, 3.63) is 0 Å². The van der Waals surface area contributed by atoms with Crippen molar-refractivity contribution in [2.24, 2.45) is 5.41 Å². The van der Waals surface area contributed by atoms with Crippen molar-refractivity contribution < 1.29 is 111 Å². The Morgan fingerprint density at radius 3 is 0.855 bits per heavy atom. The van der Waals surface area contributed by atoms with Gasteiger partial charge in [-0.1, -0.05) is 6.92 Å². The molecule has 0 atom stereocenters. The maximum Gasteiger partial charge on any atom is 0.492 e. The van der Waals surface area contributed by atoms with Crippen LogP contribution in [-0.2, 0) is 58.9 Å². The fraction of sp³-hybridized carbons (Fsp3) is 0.917. The Morgan fingerprint density at radius 2 is 0.652 bits per heavy atom. The van der Waals surface area contributed by atoms with Crippen molar-refractivity contribution in [3.63, 3.8) is 0 Å². The van der Waals surface area contributed by atoms with E-state index in [1.165, 1.54) is 0 Å². The van der Waals surface area contributed by atoms with Gasteiger partial charge in [-0.3, -0.25) is 14.4 Å². The lowest BCUT2D eigenvalue weighted by atomic mass is 9.88. The van der Waals surface area contributed by atoms with E-state index in [2.05, 4.69) is 0 Å². The standard InChI is InChI=1S/C36H77N3O24S3Si3/c1-2-36(30-61-33(40)12-21-37(18-9-27-67(52,53)54)15-3-6-24-64(43,44)45,31-62-34(41)13-22-38(19-10-28-68(55,56)57)16-4-7-25-65(46,47)48)32-63-35(42)14-23-39(20-11-29-69(58,59)60)17-5-8-26-66(49,50)51/h52-60H,2-32H2,1H3,(H,43,44,45)(H,46,47,48)(H,49,50,51)/p-3. The van der Waals surface area contributed by atoms with Gasteiger partial charge < -0.3 is 85.7 Å². The Balaban J connectivity index is 6.08.